The molecule has 1 atom stereocenters. The van der Waals surface area contributed by atoms with Crippen LogP contribution in [0, 0.1) is 0 Å². The molecule has 98 valence electrons. The van der Waals surface area contributed by atoms with Crippen molar-refractivity contribution in [2.24, 2.45) is 0 Å². The van der Waals surface area contributed by atoms with Gasteiger partial charge in [0.05, 0.1) is 29.8 Å². The number of benzene rings is 1. The highest BCUT2D eigenvalue weighted by Crippen LogP contribution is 2.23. The van der Waals surface area contributed by atoms with Gasteiger partial charge >= 0.3 is 0 Å². The number of ether oxygens (including phenoxy) is 1. The monoisotopic (exact) mass is 268 g/mol. The summed E-state index contributed by atoms with van der Waals surface area (Å²) >= 11 is 6.08. The summed E-state index contributed by atoms with van der Waals surface area (Å²) in [4.78, 5) is 14.3. The number of anilines is 1. The average Bonchev–Trinajstić information content (AvgIpc) is 2.38. The molecule has 1 unspecified atom stereocenters. The molecule has 1 fully saturated rings. The van der Waals surface area contributed by atoms with E-state index in [1.54, 1.807) is 18.2 Å². The number of amides is 1. The number of hydrogen-bond acceptors (Lipinski definition) is 3. The molecule has 4 nitrogen and oxygen atoms in total. The Kier molecular flexibility index (Phi) is 4.09. The quantitative estimate of drug-likeness (QED) is 0.837. The third-order valence-electron chi connectivity index (χ3n) is 3.18. The Morgan fingerprint density at radius 3 is 3.06 bits per heavy atom. The number of halogens is 1. The number of nitrogen functional groups attached to an aromatic ring is 1. The zero-order chi connectivity index (χ0) is 13.1. The molecule has 1 aromatic rings. The molecule has 0 saturated carbocycles. The van der Waals surface area contributed by atoms with Crippen LogP contribution in [0.4, 0.5) is 5.69 Å². The lowest BCUT2D eigenvalue weighted by molar-refractivity contribution is -0.00278. The van der Waals surface area contributed by atoms with E-state index in [1.807, 2.05) is 11.8 Å². The largest absolute Gasteiger partial charge is 0.399 e. The van der Waals surface area contributed by atoms with Gasteiger partial charge in [0.25, 0.3) is 5.91 Å². The van der Waals surface area contributed by atoms with Crippen molar-refractivity contribution in [3.63, 3.8) is 0 Å². The zero-order valence-electron chi connectivity index (χ0n) is 10.4. The molecule has 5 heteroatoms. The molecule has 0 spiro atoms. The first kappa shape index (κ1) is 13.2. The summed E-state index contributed by atoms with van der Waals surface area (Å²) in [7, 11) is 0. The Labute approximate surface area is 112 Å². The Morgan fingerprint density at radius 1 is 1.61 bits per heavy atom. The first-order chi connectivity index (χ1) is 8.63. The average molecular weight is 269 g/mol. The van der Waals surface area contributed by atoms with Crippen LogP contribution in [0.3, 0.4) is 0 Å². The van der Waals surface area contributed by atoms with Gasteiger partial charge in [0.15, 0.2) is 0 Å². The summed E-state index contributed by atoms with van der Waals surface area (Å²) in [5.74, 6) is -0.0462. The maximum Gasteiger partial charge on any atom is 0.255 e. The van der Waals surface area contributed by atoms with Crippen molar-refractivity contribution < 1.29 is 9.53 Å². The maximum absolute atomic E-state index is 12.4. The van der Waals surface area contributed by atoms with Crippen LogP contribution in [-0.2, 0) is 4.74 Å². The first-order valence-electron chi connectivity index (χ1n) is 6.07. The molecule has 18 heavy (non-hydrogen) atoms. The second kappa shape index (κ2) is 5.59. The van der Waals surface area contributed by atoms with Crippen molar-refractivity contribution >= 4 is 23.2 Å². The number of carbonyl (C=O) groups is 1. The van der Waals surface area contributed by atoms with Crippen molar-refractivity contribution in [2.75, 3.05) is 25.5 Å². The van der Waals surface area contributed by atoms with Crippen LogP contribution in [-0.4, -0.2) is 36.6 Å². The van der Waals surface area contributed by atoms with Gasteiger partial charge in [-0.1, -0.05) is 18.5 Å². The molecule has 1 amide bonds. The van der Waals surface area contributed by atoms with Crippen LogP contribution in [0.2, 0.25) is 5.02 Å². The second-order valence-corrected chi connectivity index (χ2v) is 4.78. The summed E-state index contributed by atoms with van der Waals surface area (Å²) < 4.78 is 5.39. The molecule has 2 N–H and O–H groups in total. The van der Waals surface area contributed by atoms with Gasteiger partial charge in [0.2, 0.25) is 0 Å². The third-order valence-corrected chi connectivity index (χ3v) is 3.50. The number of nitrogens with zero attached hydrogens (tertiary/aromatic N) is 1. The van der Waals surface area contributed by atoms with Gasteiger partial charge in [-0.05, 0) is 24.6 Å². The Balaban J connectivity index is 2.24. The summed E-state index contributed by atoms with van der Waals surface area (Å²) in [6, 6.07) is 5.11. The van der Waals surface area contributed by atoms with Crippen molar-refractivity contribution in [3.05, 3.63) is 28.8 Å². The Morgan fingerprint density at radius 2 is 2.39 bits per heavy atom. The van der Waals surface area contributed by atoms with E-state index in [0.29, 0.717) is 36.0 Å². The number of rotatable bonds is 2. The van der Waals surface area contributed by atoms with Gasteiger partial charge in [0.1, 0.15) is 0 Å². The fourth-order valence-electron chi connectivity index (χ4n) is 2.12. The summed E-state index contributed by atoms with van der Waals surface area (Å²) in [6.45, 7) is 3.83. The molecule has 1 aliphatic rings. The molecule has 0 aromatic heterocycles. The van der Waals surface area contributed by atoms with Crippen LogP contribution in [0.25, 0.3) is 0 Å². The summed E-state index contributed by atoms with van der Waals surface area (Å²) in [5, 5.41) is 0.404. The highest BCUT2D eigenvalue weighted by Gasteiger charge is 2.27. The van der Waals surface area contributed by atoms with Gasteiger partial charge in [-0.15, -0.1) is 0 Å². The van der Waals surface area contributed by atoms with Gasteiger partial charge < -0.3 is 15.4 Å². The lowest BCUT2D eigenvalue weighted by Crippen LogP contribution is -2.48. The minimum Gasteiger partial charge on any atom is -0.399 e. The van der Waals surface area contributed by atoms with Crippen molar-refractivity contribution in [2.45, 2.75) is 19.4 Å². The van der Waals surface area contributed by atoms with Gasteiger partial charge in [-0.25, -0.2) is 0 Å². The fourth-order valence-corrected chi connectivity index (χ4v) is 2.39. The highest BCUT2D eigenvalue weighted by atomic mass is 35.5. The second-order valence-electron chi connectivity index (χ2n) is 4.37. The minimum atomic E-state index is -0.0462. The molecular formula is C13H17ClN2O2. The lowest BCUT2D eigenvalue weighted by atomic mass is 10.1. The van der Waals surface area contributed by atoms with Crippen molar-refractivity contribution in [1.82, 2.24) is 4.90 Å². The predicted octanol–water partition coefficient (Wildman–Crippen LogP) is 2.17. The smallest absolute Gasteiger partial charge is 0.255 e. The van der Waals surface area contributed by atoms with Crippen LogP contribution in [0.1, 0.15) is 23.7 Å². The predicted molar refractivity (Wildman–Crippen MR) is 71.8 cm³/mol. The number of nitrogens with two attached hydrogens (primary N) is 1. The molecular weight excluding hydrogens is 252 g/mol. The lowest BCUT2D eigenvalue weighted by Gasteiger charge is -2.35. The van der Waals surface area contributed by atoms with E-state index in [0.717, 1.165) is 6.42 Å². The van der Waals surface area contributed by atoms with E-state index in [-0.39, 0.29) is 11.9 Å². The first-order valence-corrected chi connectivity index (χ1v) is 6.45. The van der Waals surface area contributed by atoms with Gasteiger partial charge in [-0.2, -0.15) is 0 Å². The SMILES string of the molecule is CCC1COCCN1C(=O)c1ccc(N)cc1Cl. The number of carbonyl (C=O) groups excluding carboxylic acids is 1. The van der Waals surface area contributed by atoms with E-state index in [4.69, 9.17) is 22.1 Å². The van der Waals surface area contributed by atoms with Gasteiger partial charge in [-0.3, -0.25) is 4.79 Å². The van der Waals surface area contributed by atoms with E-state index >= 15 is 0 Å². The normalized spacial score (nSPS) is 19.9. The Bertz CT molecular complexity index is 451. The van der Waals surface area contributed by atoms with Crippen LogP contribution in [0.15, 0.2) is 18.2 Å². The molecule has 1 heterocycles. The molecule has 0 aliphatic carbocycles. The highest BCUT2D eigenvalue weighted by molar-refractivity contribution is 6.34. The molecule has 0 bridgehead atoms. The molecule has 2 rings (SSSR count). The fraction of sp³-hybridized carbons (Fsp3) is 0.462. The van der Waals surface area contributed by atoms with E-state index in [9.17, 15) is 4.79 Å². The topological polar surface area (TPSA) is 55.6 Å². The summed E-state index contributed by atoms with van der Waals surface area (Å²) in [5.41, 5.74) is 6.70. The van der Waals surface area contributed by atoms with Crippen LogP contribution < -0.4 is 5.73 Å². The number of hydrogen-bond donors (Lipinski definition) is 1. The Hall–Kier alpha value is -1.26. The van der Waals surface area contributed by atoms with Crippen LogP contribution >= 0.6 is 11.6 Å². The standard InChI is InChI=1S/C13H17ClN2O2/c1-2-10-8-18-6-5-16(10)13(17)11-4-3-9(15)7-12(11)14/h3-4,7,10H,2,5-6,8,15H2,1H3. The van der Waals surface area contributed by atoms with Crippen molar-refractivity contribution in [3.8, 4) is 0 Å². The molecule has 1 aromatic carbocycles. The van der Waals surface area contributed by atoms with E-state index < -0.39 is 0 Å². The van der Waals surface area contributed by atoms with Crippen LogP contribution in [0.5, 0.6) is 0 Å². The zero-order valence-corrected chi connectivity index (χ0v) is 11.1. The maximum atomic E-state index is 12.4. The molecule has 1 aliphatic heterocycles. The van der Waals surface area contributed by atoms with Crippen molar-refractivity contribution in [1.29, 1.82) is 0 Å². The molecule has 1 saturated heterocycles. The van der Waals surface area contributed by atoms with E-state index in [1.165, 1.54) is 0 Å². The van der Waals surface area contributed by atoms with Gasteiger partial charge in [0, 0.05) is 12.2 Å². The minimum absolute atomic E-state index is 0.0462. The number of morpholine rings is 1. The van der Waals surface area contributed by atoms with E-state index in [2.05, 4.69) is 0 Å². The summed E-state index contributed by atoms with van der Waals surface area (Å²) in [6.07, 6.45) is 0.873. The molecule has 0 radical (unpaired) electrons. The third kappa shape index (κ3) is 2.60.